The van der Waals surface area contributed by atoms with Gasteiger partial charge in [-0.25, -0.2) is 0 Å². The fraction of sp³-hybridized carbons (Fsp3) is 1.00. The molecule has 0 saturated carbocycles. The van der Waals surface area contributed by atoms with Crippen LogP contribution in [-0.4, -0.2) is 31.0 Å². The number of nitrogens with two attached hydrogens (primary N) is 1. The first-order valence-electron chi connectivity index (χ1n) is 3.80. The lowest BCUT2D eigenvalue weighted by Crippen LogP contribution is -2.32. The molecule has 1 heterocycles. The molecule has 1 atom stereocenters. The molecule has 3 nitrogen and oxygen atoms in total. The molecule has 1 rings (SSSR count). The van der Waals surface area contributed by atoms with Crippen molar-refractivity contribution in [3.63, 3.8) is 0 Å². The number of hydrogen-bond donors (Lipinski definition) is 2. The second kappa shape index (κ2) is 3.91. The van der Waals surface area contributed by atoms with E-state index in [0.717, 1.165) is 26.1 Å². The molecule has 1 fully saturated rings. The third-order valence-corrected chi connectivity index (χ3v) is 2.05. The van der Waals surface area contributed by atoms with Crippen LogP contribution in [0.1, 0.15) is 12.8 Å². The minimum Gasteiger partial charge on any atom is -0.392 e. The van der Waals surface area contributed by atoms with Gasteiger partial charge in [0.05, 0.1) is 6.10 Å². The maximum atomic E-state index is 9.30. The van der Waals surface area contributed by atoms with E-state index in [1.54, 1.807) is 0 Å². The van der Waals surface area contributed by atoms with Gasteiger partial charge in [0.2, 0.25) is 0 Å². The van der Waals surface area contributed by atoms with Crippen molar-refractivity contribution >= 4 is 0 Å². The average Bonchev–Trinajstić information content (AvgIpc) is 2.05. The molecule has 1 aliphatic heterocycles. The highest BCUT2D eigenvalue weighted by atomic mass is 16.5. The second-order valence-corrected chi connectivity index (χ2v) is 2.75. The lowest BCUT2D eigenvalue weighted by Gasteiger charge is -2.25. The van der Waals surface area contributed by atoms with Crippen molar-refractivity contribution in [2.75, 3.05) is 19.8 Å². The van der Waals surface area contributed by atoms with Crippen molar-refractivity contribution < 1.29 is 9.84 Å². The van der Waals surface area contributed by atoms with Crippen LogP contribution < -0.4 is 5.73 Å². The Morgan fingerprint density at radius 2 is 2.10 bits per heavy atom. The summed E-state index contributed by atoms with van der Waals surface area (Å²) in [7, 11) is 0. The van der Waals surface area contributed by atoms with E-state index in [2.05, 4.69) is 0 Å². The van der Waals surface area contributed by atoms with E-state index in [9.17, 15) is 5.11 Å². The second-order valence-electron chi connectivity index (χ2n) is 2.75. The maximum absolute atomic E-state index is 9.30. The van der Waals surface area contributed by atoms with E-state index in [-0.39, 0.29) is 6.10 Å². The monoisotopic (exact) mass is 145 g/mol. The van der Waals surface area contributed by atoms with Crippen LogP contribution >= 0.6 is 0 Å². The van der Waals surface area contributed by atoms with Crippen LogP contribution in [0.2, 0.25) is 0 Å². The molecule has 1 saturated heterocycles. The van der Waals surface area contributed by atoms with Crippen LogP contribution in [0.5, 0.6) is 0 Å². The Hall–Kier alpha value is -0.120. The zero-order chi connectivity index (χ0) is 7.40. The van der Waals surface area contributed by atoms with Gasteiger partial charge in [-0.1, -0.05) is 0 Å². The number of aliphatic hydroxyl groups is 1. The van der Waals surface area contributed by atoms with Crippen molar-refractivity contribution in [3.8, 4) is 0 Å². The van der Waals surface area contributed by atoms with Crippen molar-refractivity contribution in [1.29, 1.82) is 0 Å². The topological polar surface area (TPSA) is 55.5 Å². The van der Waals surface area contributed by atoms with Crippen LogP contribution in [0, 0.1) is 5.92 Å². The Morgan fingerprint density at radius 1 is 1.50 bits per heavy atom. The van der Waals surface area contributed by atoms with E-state index in [4.69, 9.17) is 10.5 Å². The summed E-state index contributed by atoms with van der Waals surface area (Å²) in [6.07, 6.45) is 1.60. The predicted octanol–water partition coefficient (Wildman–Crippen LogP) is -0.267. The minimum absolute atomic E-state index is 0.316. The van der Waals surface area contributed by atoms with Crippen LogP contribution in [0.25, 0.3) is 0 Å². The Labute approximate surface area is 61.2 Å². The van der Waals surface area contributed by atoms with Crippen molar-refractivity contribution in [1.82, 2.24) is 0 Å². The zero-order valence-corrected chi connectivity index (χ0v) is 6.12. The molecule has 0 spiro atoms. The summed E-state index contributed by atoms with van der Waals surface area (Å²) < 4.78 is 5.14. The standard InChI is InChI=1S/C7H15NO2/c8-5-7(9)6-1-3-10-4-2-6/h6-7,9H,1-5,8H2/t7-/m0/s1. The Morgan fingerprint density at radius 3 is 2.60 bits per heavy atom. The molecule has 3 N–H and O–H groups in total. The first kappa shape index (κ1) is 7.98. The SMILES string of the molecule is NC[C@H](O)C1CCOCC1. The zero-order valence-electron chi connectivity index (χ0n) is 6.12. The van der Waals surface area contributed by atoms with Crippen LogP contribution in [0.15, 0.2) is 0 Å². The molecule has 0 aromatic carbocycles. The summed E-state index contributed by atoms with van der Waals surface area (Å²) in [5, 5.41) is 9.30. The summed E-state index contributed by atoms with van der Waals surface area (Å²) in [5.74, 6) is 0.374. The first-order valence-corrected chi connectivity index (χ1v) is 3.80. The van der Waals surface area contributed by atoms with Gasteiger partial charge in [0, 0.05) is 19.8 Å². The van der Waals surface area contributed by atoms with E-state index >= 15 is 0 Å². The normalized spacial score (nSPS) is 24.6. The van der Waals surface area contributed by atoms with Gasteiger partial charge in [-0.05, 0) is 18.8 Å². The molecular formula is C7H15NO2. The van der Waals surface area contributed by atoms with E-state index in [1.807, 2.05) is 0 Å². The van der Waals surface area contributed by atoms with Crippen LogP contribution in [0.3, 0.4) is 0 Å². The van der Waals surface area contributed by atoms with Gasteiger partial charge in [0.15, 0.2) is 0 Å². The Bertz CT molecular complexity index is 91.6. The number of hydrogen-bond acceptors (Lipinski definition) is 3. The highest BCUT2D eigenvalue weighted by Gasteiger charge is 2.20. The molecule has 0 amide bonds. The fourth-order valence-electron chi connectivity index (χ4n) is 1.29. The molecule has 10 heavy (non-hydrogen) atoms. The molecule has 0 radical (unpaired) electrons. The third kappa shape index (κ3) is 1.94. The number of aliphatic hydroxyl groups excluding tert-OH is 1. The van der Waals surface area contributed by atoms with Crippen molar-refractivity contribution in [2.24, 2.45) is 11.7 Å². The molecule has 0 aliphatic carbocycles. The van der Waals surface area contributed by atoms with E-state index < -0.39 is 0 Å². The summed E-state index contributed by atoms with van der Waals surface area (Å²) in [6, 6.07) is 0. The van der Waals surface area contributed by atoms with Gasteiger partial charge in [0.25, 0.3) is 0 Å². The summed E-state index contributed by atoms with van der Waals surface area (Å²) in [5.41, 5.74) is 5.31. The lowest BCUT2D eigenvalue weighted by molar-refractivity contribution is 0.0116. The van der Waals surface area contributed by atoms with E-state index in [1.165, 1.54) is 0 Å². The quantitative estimate of drug-likeness (QED) is 0.562. The highest BCUT2D eigenvalue weighted by molar-refractivity contribution is 4.71. The Kier molecular flexibility index (Phi) is 3.12. The lowest BCUT2D eigenvalue weighted by atomic mass is 9.94. The number of rotatable bonds is 2. The Balaban J connectivity index is 2.24. The van der Waals surface area contributed by atoms with Crippen LogP contribution in [0.4, 0.5) is 0 Å². The molecular weight excluding hydrogens is 130 g/mol. The predicted molar refractivity (Wildman–Crippen MR) is 38.6 cm³/mol. The van der Waals surface area contributed by atoms with Crippen molar-refractivity contribution in [3.05, 3.63) is 0 Å². The van der Waals surface area contributed by atoms with E-state index in [0.29, 0.717) is 12.5 Å². The molecule has 1 aliphatic rings. The van der Waals surface area contributed by atoms with Gasteiger partial charge in [-0.15, -0.1) is 0 Å². The highest BCUT2D eigenvalue weighted by Crippen LogP contribution is 2.17. The van der Waals surface area contributed by atoms with Crippen molar-refractivity contribution in [2.45, 2.75) is 18.9 Å². The summed E-state index contributed by atoms with van der Waals surface area (Å²) in [6.45, 7) is 1.94. The van der Waals surface area contributed by atoms with Gasteiger partial charge in [-0.3, -0.25) is 0 Å². The summed E-state index contributed by atoms with van der Waals surface area (Å²) >= 11 is 0. The molecule has 3 heteroatoms. The first-order chi connectivity index (χ1) is 4.84. The smallest absolute Gasteiger partial charge is 0.0692 e. The molecule has 0 bridgehead atoms. The minimum atomic E-state index is -0.316. The molecule has 60 valence electrons. The van der Waals surface area contributed by atoms with Gasteiger partial charge in [0.1, 0.15) is 0 Å². The maximum Gasteiger partial charge on any atom is 0.0692 e. The summed E-state index contributed by atoms with van der Waals surface area (Å²) in [4.78, 5) is 0. The molecule has 0 aromatic heterocycles. The molecule has 0 unspecified atom stereocenters. The third-order valence-electron chi connectivity index (χ3n) is 2.05. The largest absolute Gasteiger partial charge is 0.392 e. The van der Waals surface area contributed by atoms with Gasteiger partial charge in [-0.2, -0.15) is 0 Å². The molecule has 0 aromatic rings. The number of ether oxygens (including phenoxy) is 1. The van der Waals surface area contributed by atoms with Gasteiger partial charge < -0.3 is 15.6 Å². The average molecular weight is 145 g/mol. The van der Waals surface area contributed by atoms with Crippen LogP contribution in [-0.2, 0) is 4.74 Å². The van der Waals surface area contributed by atoms with Gasteiger partial charge >= 0.3 is 0 Å². The fourth-order valence-corrected chi connectivity index (χ4v) is 1.29.